The van der Waals surface area contributed by atoms with Gasteiger partial charge in [-0.2, -0.15) is 0 Å². The molecule has 0 bridgehead atoms. The lowest BCUT2D eigenvalue weighted by Crippen LogP contribution is -2.11. The lowest BCUT2D eigenvalue weighted by molar-refractivity contribution is 0.862. The molecule has 0 spiro atoms. The first-order valence-electron chi connectivity index (χ1n) is 5.99. The third kappa shape index (κ3) is 3.37. The van der Waals surface area contributed by atoms with Crippen LogP contribution >= 0.6 is 23.2 Å². The molecule has 1 unspecified atom stereocenters. The third-order valence-corrected chi connectivity index (χ3v) is 3.42. The Morgan fingerprint density at radius 2 is 1.95 bits per heavy atom. The lowest BCUT2D eigenvalue weighted by Gasteiger charge is -2.17. The van der Waals surface area contributed by atoms with Gasteiger partial charge in [-0.05, 0) is 38.5 Å². The molecule has 0 radical (unpaired) electrons. The van der Waals surface area contributed by atoms with E-state index in [-0.39, 0.29) is 6.04 Å². The van der Waals surface area contributed by atoms with Crippen molar-refractivity contribution in [1.29, 1.82) is 0 Å². The maximum absolute atomic E-state index is 6.20. The quantitative estimate of drug-likeness (QED) is 0.901. The fourth-order valence-electron chi connectivity index (χ4n) is 1.81. The van der Waals surface area contributed by atoms with Gasteiger partial charge in [-0.25, -0.2) is 4.98 Å². The number of rotatable bonds is 3. The van der Waals surface area contributed by atoms with Crippen LogP contribution in [0.25, 0.3) is 0 Å². The van der Waals surface area contributed by atoms with Crippen molar-refractivity contribution in [2.24, 2.45) is 0 Å². The third-order valence-electron chi connectivity index (χ3n) is 2.86. The molecule has 5 heteroatoms. The minimum absolute atomic E-state index is 0.0274. The molecule has 2 aromatic rings. The van der Waals surface area contributed by atoms with E-state index in [1.54, 1.807) is 12.3 Å². The van der Waals surface area contributed by atoms with Crippen LogP contribution in [0.2, 0.25) is 10.0 Å². The molecule has 1 heterocycles. The molecule has 3 nitrogen and oxygen atoms in total. The van der Waals surface area contributed by atoms with E-state index in [4.69, 9.17) is 23.2 Å². The van der Waals surface area contributed by atoms with Crippen molar-refractivity contribution < 1.29 is 0 Å². The molecular weight excluding hydrogens is 281 g/mol. The van der Waals surface area contributed by atoms with Gasteiger partial charge in [-0.3, -0.25) is 4.98 Å². The zero-order chi connectivity index (χ0) is 14.0. The second-order valence-corrected chi connectivity index (χ2v) is 5.32. The number of nitrogens with one attached hydrogen (secondary N) is 1. The fourth-order valence-corrected chi connectivity index (χ4v) is 2.38. The van der Waals surface area contributed by atoms with Crippen LogP contribution in [0.15, 0.2) is 24.4 Å². The summed E-state index contributed by atoms with van der Waals surface area (Å²) in [6.45, 7) is 5.86. The van der Waals surface area contributed by atoms with Crippen LogP contribution in [0, 0.1) is 13.8 Å². The van der Waals surface area contributed by atoms with Gasteiger partial charge in [0.25, 0.3) is 0 Å². The van der Waals surface area contributed by atoms with E-state index in [2.05, 4.69) is 15.3 Å². The molecule has 0 fully saturated rings. The summed E-state index contributed by atoms with van der Waals surface area (Å²) in [5.41, 5.74) is 2.72. The Bertz CT molecular complexity index is 599. The van der Waals surface area contributed by atoms with Crippen molar-refractivity contribution in [2.75, 3.05) is 5.32 Å². The molecule has 2 rings (SSSR count). The summed E-state index contributed by atoms with van der Waals surface area (Å²) in [6.07, 6.45) is 1.75. The molecule has 0 aliphatic heterocycles. The smallest absolute Gasteiger partial charge is 0.148 e. The van der Waals surface area contributed by atoms with Crippen molar-refractivity contribution >= 4 is 29.0 Å². The molecule has 0 aliphatic carbocycles. The van der Waals surface area contributed by atoms with Crippen LogP contribution in [-0.4, -0.2) is 9.97 Å². The maximum Gasteiger partial charge on any atom is 0.148 e. The zero-order valence-electron chi connectivity index (χ0n) is 11.0. The number of anilines is 1. The highest BCUT2D eigenvalue weighted by Gasteiger charge is 2.12. The molecule has 19 heavy (non-hydrogen) atoms. The Morgan fingerprint density at radius 3 is 2.63 bits per heavy atom. The Hall–Kier alpha value is -1.32. The van der Waals surface area contributed by atoms with E-state index >= 15 is 0 Å². The monoisotopic (exact) mass is 295 g/mol. The van der Waals surface area contributed by atoms with Crippen molar-refractivity contribution in [3.8, 4) is 0 Å². The minimum atomic E-state index is 0.0274. The predicted molar refractivity (Wildman–Crippen MR) is 80.0 cm³/mol. The minimum Gasteiger partial charge on any atom is -0.362 e. The van der Waals surface area contributed by atoms with Gasteiger partial charge in [-0.1, -0.05) is 29.3 Å². The van der Waals surface area contributed by atoms with E-state index in [9.17, 15) is 0 Å². The molecule has 1 atom stereocenters. The van der Waals surface area contributed by atoms with Crippen molar-refractivity contribution in [2.45, 2.75) is 26.8 Å². The molecule has 0 aliphatic rings. The number of benzene rings is 1. The number of aromatic nitrogens is 2. The average Bonchev–Trinajstić information content (AvgIpc) is 2.33. The molecule has 1 aromatic carbocycles. The Kier molecular flexibility index (Phi) is 4.27. The summed E-state index contributed by atoms with van der Waals surface area (Å²) in [4.78, 5) is 8.73. The van der Waals surface area contributed by atoms with E-state index in [1.165, 1.54) is 0 Å². The Morgan fingerprint density at radius 1 is 1.21 bits per heavy atom. The highest BCUT2D eigenvalue weighted by molar-refractivity contribution is 6.35. The van der Waals surface area contributed by atoms with Crippen LogP contribution in [0.4, 0.5) is 5.82 Å². The van der Waals surface area contributed by atoms with Crippen LogP contribution in [0.3, 0.4) is 0 Å². The summed E-state index contributed by atoms with van der Waals surface area (Å²) >= 11 is 12.1. The first kappa shape index (κ1) is 14.1. The van der Waals surface area contributed by atoms with Crippen molar-refractivity contribution in [3.63, 3.8) is 0 Å². The number of aryl methyl sites for hydroxylation is 2. The topological polar surface area (TPSA) is 37.8 Å². The summed E-state index contributed by atoms with van der Waals surface area (Å²) in [7, 11) is 0. The van der Waals surface area contributed by atoms with Crippen LogP contribution < -0.4 is 5.32 Å². The van der Waals surface area contributed by atoms with Crippen LogP contribution in [0.1, 0.15) is 29.9 Å². The van der Waals surface area contributed by atoms with Gasteiger partial charge >= 0.3 is 0 Å². The normalized spacial score (nSPS) is 12.3. The first-order valence-corrected chi connectivity index (χ1v) is 6.74. The highest BCUT2D eigenvalue weighted by Crippen LogP contribution is 2.28. The summed E-state index contributed by atoms with van der Waals surface area (Å²) in [6, 6.07) is 5.52. The first-order chi connectivity index (χ1) is 8.97. The molecule has 0 saturated heterocycles. The second-order valence-electron chi connectivity index (χ2n) is 4.48. The molecule has 1 aromatic heterocycles. The molecular formula is C14H15Cl2N3. The molecule has 1 N–H and O–H groups in total. The Labute approximate surface area is 123 Å². The van der Waals surface area contributed by atoms with E-state index < -0.39 is 0 Å². The summed E-state index contributed by atoms with van der Waals surface area (Å²) in [5.74, 6) is 0.776. The molecule has 0 amide bonds. The molecule has 100 valence electrons. The number of hydrogen-bond donors (Lipinski definition) is 1. The van der Waals surface area contributed by atoms with Gasteiger partial charge in [0.05, 0.1) is 17.4 Å². The van der Waals surface area contributed by atoms with Gasteiger partial charge in [0.15, 0.2) is 0 Å². The van der Waals surface area contributed by atoms with Crippen LogP contribution in [0.5, 0.6) is 0 Å². The number of hydrogen-bond acceptors (Lipinski definition) is 3. The van der Waals surface area contributed by atoms with Gasteiger partial charge in [0.1, 0.15) is 5.82 Å². The van der Waals surface area contributed by atoms with E-state index in [0.29, 0.717) is 10.0 Å². The van der Waals surface area contributed by atoms with Gasteiger partial charge in [0, 0.05) is 16.2 Å². The SMILES string of the molecule is Cc1cnc(C)c(NC(C)c2ccc(Cl)cc2Cl)n1. The van der Waals surface area contributed by atoms with E-state index in [1.807, 2.05) is 32.9 Å². The number of nitrogens with zero attached hydrogens (tertiary/aromatic N) is 2. The average molecular weight is 296 g/mol. The van der Waals surface area contributed by atoms with Gasteiger partial charge in [0.2, 0.25) is 0 Å². The highest BCUT2D eigenvalue weighted by atomic mass is 35.5. The maximum atomic E-state index is 6.20. The van der Waals surface area contributed by atoms with E-state index in [0.717, 1.165) is 22.8 Å². The second kappa shape index (κ2) is 5.76. The lowest BCUT2D eigenvalue weighted by atomic mass is 10.1. The molecule has 0 saturated carbocycles. The van der Waals surface area contributed by atoms with Gasteiger partial charge in [-0.15, -0.1) is 0 Å². The Balaban J connectivity index is 2.25. The largest absolute Gasteiger partial charge is 0.362 e. The summed E-state index contributed by atoms with van der Waals surface area (Å²) < 4.78 is 0. The zero-order valence-corrected chi connectivity index (χ0v) is 12.5. The number of halogens is 2. The fraction of sp³-hybridized carbons (Fsp3) is 0.286. The van der Waals surface area contributed by atoms with Gasteiger partial charge < -0.3 is 5.32 Å². The predicted octanol–water partition coefficient (Wildman–Crippen LogP) is 4.57. The standard InChI is InChI=1S/C14H15Cl2N3/c1-8-7-17-10(3)14(18-8)19-9(2)12-5-4-11(15)6-13(12)16/h4-7,9H,1-3H3,(H,18,19). The van der Waals surface area contributed by atoms with Crippen molar-refractivity contribution in [1.82, 2.24) is 9.97 Å². The van der Waals surface area contributed by atoms with Crippen molar-refractivity contribution in [3.05, 3.63) is 51.4 Å². The summed E-state index contributed by atoms with van der Waals surface area (Å²) in [5, 5.41) is 4.60. The van der Waals surface area contributed by atoms with Crippen LogP contribution in [-0.2, 0) is 0 Å².